The fourth-order valence-corrected chi connectivity index (χ4v) is 8.78. The number of ether oxygens (including phenoxy) is 1. The number of carbonyl (C=O) groups is 2. The number of aromatic nitrogens is 1. The van der Waals surface area contributed by atoms with Crippen LogP contribution in [-0.2, 0) is 39.1 Å². The Labute approximate surface area is 297 Å². The molecule has 2 aliphatic rings. The van der Waals surface area contributed by atoms with Gasteiger partial charge < -0.3 is 25.4 Å². The van der Waals surface area contributed by atoms with Gasteiger partial charge in [0, 0.05) is 31.6 Å². The maximum absolute atomic E-state index is 14.3. The SMILES string of the molecule is Cc1nc(CN2C(=O)NCC2[C@@H](C(=O)N[C@@H](Cc2ccccc2)[C@H](O)CN(CC2CCCO2)S(=O)(=O)c2ccc(CN=O)cc2)C(C)C)cs1. The van der Waals surface area contributed by atoms with Gasteiger partial charge in [-0.2, -0.15) is 9.21 Å². The number of thiazole rings is 1. The van der Waals surface area contributed by atoms with Gasteiger partial charge in [0.1, 0.15) is 6.54 Å². The largest absolute Gasteiger partial charge is 0.390 e. The Morgan fingerprint density at radius 1 is 1.18 bits per heavy atom. The van der Waals surface area contributed by atoms with E-state index in [0.717, 1.165) is 22.7 Å². The summed E-state index contributed by atoms with van der Waals surface area (Å²) in [7, 11) is -4.12. The molecule has 0 aliphatic carbocycles. The molecule has 2 fully saturated rings. The molecule has 3 N–H and O–H groups in total. The zero-order valence-electron chi connectivity index (χ0n) is 28.6. The van der Waals surface area contributed by atoms with Crippen LogP contribution in [0.25, 0.3) is 0 Å². The van der Waals surface area contributed by atoms with Gasteiger partial charge in [-0.1, -0.05) is 61.5 Å². The number of aliphatic hydroxyl groups excluding tert-OH is 1. The first-order valence-electron chi connectivity index (χ1n) is 16.9. The number of nitrogens with one attached hydrogen (secondary N) is 2. The highest BCUT2D eigenvalue weighted by molar-refractivity contribution is 7.89. The van der Waals surface area contributed by atoms with Gasteiger partial charge in [0.2, 0.25) is 15.9 Å². The summed E-state index contributed by atoms with van der Waals surface area (Å²) in [4.78, 5) is 44.1. The minimum atomic E-state index is -4.12. The average Bonchev–Trinajstić information content (AvgIpc) is 3.84. The van der Waals surface area contributed by atoms with Crippen LogP contribution in [-0.4, -0.2) is 90.2 Å². The van der Waals surface area contributed by atoms with Gasteiger partial charge in [0.05, 0.1) is 52.4 Å². The van der Waals surface area contributed by atoms with Crippen LogP contribution in [0.1, 0.15) is 48.5 Å². The third-order valence-electron chi connectivity index (χ3n) is 9.28. The molecule has 0 spiro atoms. The van der Waals surface area contributed by atoms with Crippen molar-refractivity contribution >= 4 is 33.3 Å². The molecule has 50 heavy (non-hydrogen) atoms. The van der Waals surface area contributed by atoms with E-state index in [1.54, 1.807) is 17.0 Å². The quantitative estimate of drug-likeness (QED) is 0.176. The number of carbonyl (C=O) groups excluding carboxylic acids is 2. The van der Waals surface area contributed by atoms with Gasteiger partial charge >= 0.3 is 6.03 Å². The number of nitrogens with zero attached hydrogens (tertiary/aromatic N) is 4. The molecule has 2 unspecified atom stereocenters. The van der Waals surface area contributed by atoms with E-state index in [9.17, 15) is 28.0 Å². The molecule has 2 saturated heterocycles. The first-order valence-corrected chi connectivity index (χ1v) is 19.3. The van der Waals surface area contributed by atoms with Gasteiger partial charge in [-0.05, 0) is 55.4 Å². The lowest BCUT2D eigenvalue weighted by Gasteiger charge is -2.35. The van der Waals surface area contributed by atoms with Gasteiger partial charge in [0.15, 0.2) is 0 Å². The lowest BCUT2D eigenvalue weighted by Crippen LogP contribution is -2.55. The van der Waals surface area contributed by atoms with Crippen molar-refractivity contribution in [1.82, 2.24) is 24.8 Å². The molecule has 3 aromatic rings. The van der Waals surface area contributed by atoms with Gasteiger partial charge in [-0.15, -0.1) is 11.3 Å². The van der Waals surface area contributed by atoms with Crippen LogP contribution < -0.4 is 10.6 Å². The molecular weight excluding hydrogens is 681 g/mol. The minimum Gasteiger partial charge on any atom is -0.390 e. The smallest absolute Gasteiger partial charge is 0.318 e. The number of urea groups is 1. The summed E-state index contributed by atoms with van der Waals surface area (Å²) >= 11 is 1.49. The Kier molecular flexibility index (Phi) is 12.7. The number of nitroso groups, excluding NO2 is 1. The normalized spacial score (nSPS) is 19.8. The molecule has 2 aromatic carbocycles. The first kappa shape index (κ1) is 37.5. The summed E-state index contributed by atoms with van der Waals surface area (Å²) in [5.74, 6) is -1.14. The second-order valence-corrected chi connectivity index (χ2v) is 16.3. The molecular formula is C35H46N6O7S2. The molecule has 0 bridgehead atoms. The first-order chi connectivity index (χ1) is 24.0. The van der Waals surface area contributed by atoms with Crippen molar-refractivity contribution in [3.05, 3.63) is 86.7 Å². The molecule has 0 saturated carbocycles. The van der Waals surface area contributed by atoms with Crippen LogP contribution in [0.3, 0.4) is 0 Å². The number of aryl methyl sites for hydroxylation is 1. The number of amides is 3. The molecule has 5 rings (SSSR count). The van der Waals surface area contributed by atoms with Crippen LogP contribution in [0.2, 0.25) is 0 Å². The number of benzene rings is 2. The second kappa shape index (κ2) is 17.0. The van der Waals surface area contributed by atoms with Crippen LogP contribution in [0.15, 0.2) is 70.0 Å². The van der Waals surface area contributed by atoms with Gasteiger partial charge in [-0.3, -0.25) is 4.79 Å². The Morgan fingerprint density at radius 2 is 1.92 bits per heavy atom. The predicted molar refractivity (Wildman–Crippen MR) is 190 cm³/mol. The van der Waals surface area contributed by atoms with Crippen molar-refractivity contribution < 1.29 is 27.9 Å². The van der Waals surface area contributed by atoms with Crippen molar-refractivity contribution in [2.75, 3.05) is 26.2 Å². The van der Waals surface area contributed by atoms with E-state index in [-0.39, 0.29) is 68.0 Å². The van der Waals surface area contributed by atoms with Gasteiger partial charge in [0.25, 0.3) is 0 Å². The number of hydrogen-bond acceptors (Lipinski definition) is 10. The van der Waals surface area contributed by atoms with Crippen LogP contribution in [0, 0.1) is 23.7 Å². The Bertz CT molecular complexity index is 1700. The fourth-order valence-electron chi connectivity index (χ4n) is 6.68. The van der Waals surface area contributed by atoms with Crippen LogP contribution >= 0.6 is 11.3 Å². The third-order valence-corrected chi connectivity index (χ3v) is 11.9. The molecule has 13 nitrogen and oxygen atoms in total. The summed E-state index contributed by atoms with van der Waals surface area (Å²) in [6.07, 6.45) is 0.0676. The molecule has 0 radical (unpaired) electrons. The Morgan fingerprint density at radius 3 is 2.54 bits per heavy atom. The lowest BCUT2D eigenvalue weighted by atomic mass is 9.86. The molecule has 15 heteroatoms. The van der Waals surface area contributed by atoms with E-state index in [2.05, 4.69) is 20.8 Å². The summed E-state index contributed by atoms with van der Waals surface area (Å²) in [5, 5.41) is 23.5. The summed E-state index contributed by atoms with van der Waals surface area (Å²) in [6, 6.07) is 13.7. The van der Waals surface area contributed by atoms with Crippen molar-refractivity contribution in [2.45, 2.75) is 82.3 Å². The van der Waals surface area contributed by atoms with Crippen molar-refractivity contribution in [3.63, 3.8) is 0 Å². The second-order valence-electron chi connectivity index (χ2n) is 13.3. The number of aliphatic hydroxyl groups is 1. The number of sulfonamides is 1. The summed E-state index contributed by atoms with van der Waals surface area (Å²) in [5.41, 5.74) is 2.18. The van der Waals surface area contributed by atoms with Crippen molar-refractivity contribution in [2.24, 2.45) is 17.0 Å². The minimum absolute atomic E-state index is 0.00894. The molecule has 270 valence electrons. The summed E-state index contributed by atoms with van der Waals surface area (Å²) < 4.78 is 35.1. The Balaban J connectivity index is 1.40. The van der Waals surface area contributed by atoms with E-state index in [0.29, 0.717) is 18.6 Å². The van der Waals surface area contributed by atoms with Crippen LogP contribution in [0.5, 0.6) is 0 Å². The summed E-state index contributed by atoms with van der Waals surface area (Å²) in [6.45, 7) is 6.45. The van der Waals surface area contributed by atoms with Gasteiger partial charge in [-0.25, -0.2) is 18.2 Å². The predicted octanol–water partition coefficient (Wildman–Crippen LogP) is 3.84. The molecule has 5 atom stereocenters. The molecule has 1 aromatic heterocycles. The standard InChI is InChI=1S/C35H46N6O7S2/c1-23(2)33(31-18-36-35(44)41(31)19-27-22-49-24(3)38-27)34(43)39-30(16-25-8-5-4-6-9-25)32(42)21-40(20-28-10-7-15-48-28)50(46,47)29-13-11-26(12-14-29)17-37-45/h4-6,8-9,11-14,22-23,28,30-33,42H,7,10,15-21H2,1-3H3,(H,36,44)(H,39,43)/t28?,30-,31?,32+,33-/m0/s1. The highest BCUT2D eigenvalue weighted by atomic mass is 32.2. The van der Waals surface area contributed by atoms with E-state index >= 15 is 0 Å². The number of rotatable bonds is 17. The molecule has 3 amide bonds. The average molecular weight is 727 g/mol. The molecule has 3 heterocycles. The molecule has 2 aliphatic heterocycles. The van der Waals surface area contributed by atoms with E-state index in [1.165, 1.54) is 27.8 Å². The number of hydrogen-bond donors (Lipinski definition) is 3. The zero-order valence-corrected chi connectivity index (χ0v) is 30.2. The maximum Gasteiger partial charge on any atom is 0.318 e. The van der Waals surface area contributed by atoms with E-state index in [4.69, 9.17) is 4.74 Å². The highest BCUT2D eigenvalue weighted by Gasteiger charge is 2.43. The van der Waals surface area contributed by atoms with Crippen LogP contribution in [0.4, 0.5) is 4.79 Å². The monoisotopic (exact) mass is 726 g/mol. The maximum atomic E-state index is 14.3. The van der Waals surface area contributed by atoms with Crippen molar-refractivity contribution in [1.29, 1.82) is 0 Å². The highest BCUT2D eigenvalue weighted by Crippen LogP contribution is 2.27. The fraction of sp³-hybridized carbons (Fsp3) is 0.514. The van der Waals surface area contributed by atoms with E-state index in [1.807, 2.05) is 56.5 Å². The topological polar surface area (TPSA) is 171 Å². The van der Waals surface area contributed by atoms with E-state index < -0.39 is 34.1 Å². The Hall–Kier alpha value is -3.76. The zero-order chi connectivity index (χ0) is 35.8. The third kappa shape index (κ3) is 9.31. The lowest BCUT2D eigenvalue weighted by molar-refractivity contribution is -0.129. The van der Waals surface area contributed by atoms with Crippen molar-refractivity contribution in [3.8, 4) is 0 Å².